The molecule has 7 heteroatoms. The highest BCUT2D eigenvalue weighted by molar-refractivity contribution is 7.99. The fourth-order valence-electron chi connectivity index (χ4n) is 2.49. The van der Waals surface area contributed by atoms with E-state index in [2.05, 4.69) is 10.2 Å². The molecule has 0 saturated carbocycles. The lowest BCUT2D eigenvalue weighted by Gasteiger charge is -2.23. The lowest BCUT2D eigenvalue weighted by atomic mass is 10.2. The molecule has 0 amide bonds. The van der Waals surface area contributed by atoms with Gasteiger partial charge in [-0.25, -0.2) is 0 Å². The number of rotatable bonds is 4. The van der Waals surface area contributed by atoms with Crippen molar-refractivity contribution in [1.29, 1.82) is 0 Å². The van der Waals surface area contributed by atoms with Gasteiger partial charge in [0.25, 0.3) is 11.1 Å². The highest BCUT2D eigenvalue weighted by Crippen LogP contribution is 2.36. The first kappa shape index (κ1) is 13.9. The van der Waals surface area contributed by atoms with E-state index in [1.165, 1.54) is 11.8 Å². The lowest BCUT2D eigenvalue weighted by Crippen LogP contribution is -2.21. The molecule has 0 unspecified atom stereocenters. The Hall–Kier alpha value is -1.73. The van der Waals surface area contributed by atoms with Crippen molar-refractivity contribution >= 4 is 11.8 Å². The summed E-state index contributed by atoms with van der Waals surface area (Å²) in [5.41, 5.74) is 0. The summed E-state index contributed by atoms with van der Waals surface area (Å²) >= 11 is 1.53. The van der Waals surface area contributed by atoms with Gasteiger partial charge in [-0.3, -0.25) is 0 Å². The molecule has 22 heavy (non-hydrogen) atoms. The van der Waals surface area contributed by atoms with E-state index < -0.39 is 0 Å². The van der Waals surface area contributed by atoms with E-state index in [9.17, 15) is 0 Å². The molecule has 0 N–H and O–H groups in total. The maximum atomic E-state index is 5.85. The normalized spacial score (nSPS) is 23.6. The molecule has 3 heterocycles. The number of nitrogens with zero attached hydrogens (tertiary/aromatic N) is 2. The van der Waals surface area contributed by atoms with Crippen LogP contribution in [0.1, 0.15) is 24.8 Å². The molecule has 6 nitrogen and oxygen atoms in total. The summed E-state index contributed by atoms with van der Waals surface area (Å²) in [6.45, 7) is 1.22. The fourth-order valence-corrected chi connectivity index (χ4v) is 3.32. The molecule has 1 aromatic heterocycles. The van der Waals surface area contributed by atoms with Crippen LogP contribution in [0.25, 0.3) is 0 Å². The van der Waals surface area contributed by atoms with Crippen LogP contribution in [-0.4, -0.2) is 35.3 Å². The Balaban J connectivity index is 1.39. The zero-order chi connectivity index (χ0) is 14.8. The van der Waals surface area contributed by atoms with E-state index in [1.807, 2.05) is 24.3 Å². The molecule has 0 radical (unpaired) electrons. The van der Waals surface area contributed by atoms with Crippen LogP contribution in [0.5, 0.6) is 11.5 Å². The van der Waals surface area contributed by atoms with E-state index in [4.69, 9.17) is 18.6 Å². The van der Waals surface area contributed by atoms with Gasteiger partial charge in [0.1, 0.15) is 6.61 Å². The summed E-state index contributed by atoms with van der Waals surface area (Å²) < 4.78 is 22.8. The Bertz CT molecular complexity index is 642. The van der Waals surface area contributed by atoms with Gasteiger partial charge in [0.05, 0.1) is 6.10 Å². The van der Waals surface area contributed by atoms with Gasteiger partial charge in [0.15, 0.2) is 11.5 Å². The van der Waals surface area contributed by atoms with E-state index in [1.54, 1.807) is 0 Å². The third-order valence-electron chi connectivity index (χ3n) is 3.62. The van der Waals surface area contributed by atoms with Crippen LogP contribution < -0.4 is 9.47 Å². The average molecular weight is 320 g/mol. The van der Waals surface area contributed by atoms with Crippen LogP contribution in [-0.2, 0) is 4.74 Å². The number of aromatic nitrogens is 2. The number of fused-ring (bicyclic) bond motifs is 1. The monoisotopic (exact) mass is 320 g/mol. The van der Waals surface area contributed by atoms with Gasteiger partial charge in [-0.2, -0.15) is 0 Å². The van der Waals surface area contributed by atoms with Crippen molar-refractivity contribution < 1.29 is 18.6 Å². The second-order valence-electron chi connectivity index (χ2n) is 5.22. The van der Waals surface area contributed by atoms with Gasteiger partial charge in [0.2, 0.25) is 6.10 Å². The van der Waals surface area contributed by atoms with Crippen LogP contribution in [0, 0.1) is 0 Å². The molecule has 1 fully saturated rings. The van der Waals surface area contributed by atoms with Gasteiger partial charge in [-0.1, -0.05) is 23.9 Å². The first-order valence-electron chi connectivity index (χ1n) is 7.35. The first-order chi connectivity index (χ1) is 10.9. The van der Waals surface area contributed by atoms with E-state index in [0.717, 1.165) is 31.0 Å². The van der Waals surface area contributed by atoms with Crippen molar-refractivity contribution in [3.63, 3.8) is 0 Å². The van der Waals surface area contributed by atoms with Gasteiger partial charge >= 0.3 is 0 Å². The van der Waals surface area contributed by atoms with Crippen molar-refractivity contribution in [2.75, 3.05) is 19.0 Å². The third kappa shape index (κ3) is 2.91. The number of hydrogen-bond acceptors (Lipinski definition) is 7. The Morgan fingerprint density at radius 1 is 1.18 bits per heavy atom. The fraction of sp³-hybridized carbons (Fsp3) is 0.467. The summed E-state index contributed by atoms with van der Waals surface area (Å²) in [5, 5.41) is 8.69. The van der Waals surface area contributed by atoms with E-state index >= 15 is 0 Å². The Kier molecular flexibility index (Phi) is 3.90. The molecule has 1 saturated heterocycles. The van der Waals surface area contributed by atoms with Crippen LogP contribution in [0.15, 0.2) is 33.9 Å². The highest BCUT2D eigenvalue weighted by atomic mass is 32.2. The average Bonchev–Trinajstić information content (AvgIpc) is 3.24. The maximum Gasteiger partial charge on any atom is 0.276 e. The van der Waals surface area contributed by atoms with E-state index in [-0.39, 0.29) is 6.10 Å². The number of thioether (sulfide) groups is 1. The molecule has 116 valence electrons. The lowest BCUT2D eigenvalue weighted by molar-refractivity contribution is 0.0686. The van der Waals surface area contributed by atoms with Crippen molar-refractivity contribution in [1.82, 2.24) is 10.2 Å². The highest BCUT2D eigenvalue weighted by Gasteiger charge is 2.27. The second kappa shape index (κ2) is 6.18. The molecule has 0 aliphatic carbocycles. The van der Waals surface area contributed by atoms with Crippen LogP contribution in [0.4, 0.5) is 0 Å². The standard InChI is InChI=1S/C15H16N2O4S/c1-2-6-12-11(5-1)19-8-13(20-12)14-16-17-15(21-14)22-9-10-4-3-7-18-10/h1-2,5-6,10,13H,3-4,7-9H2/t10-,13+/m1/s1. The predicted molar refractivity (Wildman–Crippen MR) is 79.3 cm³/mol. The minimum Gasteiger partial charge on any atom is -0.485 e. The molecule has 1 aromatic carbocycles. The summed E-state index contributed by atoms with van der Waals surface area (Å²) in [7, 11) is 0. The summed E-state index contributed by atoms with van der Waals surface area (Å²) in [6, 6.07) is 7.56. The second-order valence-corrected chi connectivity index (χ2v) is 6.19. The first-order valence-corrected chi connectivity index (χ1v) is 8.33. The molecule has 4 rings (SSSR count). The molecule has 0 spiro atoms. The largest absolute Gasteiger partial charge is 0.485 e. The Morgan fingerprint density at radius 2 is 2.09 bits per heavy atom. The van der Waals surface area contributed by atoms with Gasteiger partial charge < -0.3 is 18.6 Å². The molecular formula is C15H16N2O4S. The van der Waals surface area contributed by atoms with Crippen molar-refractivity contribution in [3.8, 4) is 11.5 Å². The summed E-state index contributed by atoms with van der Waals surface area (Å²) in [6.07, 6.45) is 2.16. The van der Waals surface area contributed by atoms with Gasteiger partial charge in [-0.15, -0.1) is 10.2 Å². The maximum absolute atomic E-state index is 5.85. The Morgan fingerprint density at radius 3 is 2.95 bits per heavy atom. The van der Waals surface area contributed by atoms with Crippen LogP contribution in [0.3, 0.4) is 0 Å². The molecular weight excluding hydrogens is 304 g/mol. The number of para-hydroxylation sites is 2. The van der Waals surface area contributed by atoms with Crippen molar-refractivity contribution in [2.45, 2.75) is 30.3 Å². The summed E-state index contributed by atoms with van der Waals surface area (Å²) in [4.78, 5) is 0. The van der Waals surface area contributed by atoms with Crippen LogP contribution in [0.2, 0.25) is 0 Å². The molecule has 2 aliphatic rings. The van der Waals surface area contributed by atoms with Gasteiger partial charge in [0, 0.05) is 12.4 Å². The number of benzene rings is 1. The number of hydrogen-bond donors (Lipinski definition) is 0. The zero-order valence-electron chi connectivity index (χ0n) is 11.9. The molecule has 2 aromatic rings. The quantitative estimate of drug-likeness (QED) is 0.802. The molecule has 0 bridgehead atoms. The van der Waals surface area contributed by atoms with Crippen LogP contribution >= 0.6 is 11.8 Å². The molecule has 2 aliphatic heterocycles. The minimum absolute atomic E-state index is 0.293. The number of ether oxygens (including phenoxy) is 3. The predicted octanol–water partition coefficient (Wildman–Crippen LogP) is 2.85. The topological polar surface area (TPSA) is 66.6 Å². The summed E-state index contributed by atoms with van der Waals surface area (Å²) in [5.74, 6) is 2.73. The zero-order valence-corrected chi connectivity index (χ0v) is 12.8. The van der Waals surface area contributed by atoms with E-state index in [0.29, 0.717) is 29.6 Å². The minimum atomic E-state index is -0.362. The Labute approximate surface area is 132 Å². The molecule has 2 atom stereocenters. The van der Waals surface area contributed by atoms with Crippen molar-refractivity contribution in [2.24, 2.45) is 0 Å². The third-order valence-corrected chi connectivity index (χ3v) is 4.57. The smallest absolute Gasteiger partial charge is 0.276 e. The van der Waals surface area contributed by atoms with Gasteiger partial charge in [-0.05, 0) is 25.0 Å². The van der Waals surface area contributed by atoms with Crippen molar-refractivity contribution in [3.05, 3.63) is 30.2 Å². The SMILES string of the molecule is c1ccc2c(c1)OC[C@@H](c1nnc(SC[C@H]3CCCO3)o1)O2.